The molecule has 0 heterocycles. The van der Waals surface area contributed by atoms with Gasteiger partial charge in [0.2, 0.25) is 0 Å². The van der Waals surface area contributed by atoms with Gasteiger partial charge >= 0.3 is 5.97 Å². The highest BCUT2D eigenvalue weighted by Gasteiger charge is 2.08. The van der Waals surface area contributed by atoms with E-state index >= 15 is 0 Å². The third-order valence-electron chi connectivity index (χ3n) is 3.37. The van der Waals surface area contributed by atoms with E-state index in [0.29, 0.717) is 28.5 Å². The first-order valence-electron chi connectivity index (χ1n) is 7.98. The molecule has 0 aromatic heterocycles. The van der Waals surface area contributed by atoms with Crippen LogP contribution < -0.4 is 10.2 Å². The highest BCUT2D eigenvalue weighted by molar-refractivity contribution is 6.31. The number of rotatable bonds is 7. The quantitative estimate of drug-likeness (QED) is 0.458. The fourth-order valence-corrected chi connectivity index (χ4v) is 2.20. The van der Waals surface area contributed by atoms with E-state index < -0.39 is 5.97 Å². The zero-order valence-electron chi connectivity index (χ0n) is 14.5. The van der Waals surface area contributed by atoms with Crippen LogP contribution in [0.4, 0.5) is 0 Å². The molecular weight excluding hydrogens is 356 g/mol. The molecule has 0 atom stereocenters. The van der Waals surface area contributed by atoms with Gasteiger partial charge < -0.3 is 9.47 Å². The Hall–Kier alpha value is -2.86. The van der Waals surface area contributed by atoms with E-state index in [9.17, 15) is 9.59 Å². The number of halogens is 1. The van der Waals surface area contributed by atoms with Crippen LogP contribution in [-0.2, 0) is 9.53 Å². The number of nitrogens with one attached hydrogen (secondary N) is 1. The summed E-state index contributed by atoms with van der Waals surface area (Å²) in [5.74, 6) is -0.381. The van der Waals surface area contributed by atoms with Crippen molar-refractivity contribution in [1.29, 1.82) is 0 Å². The molecule has 0 aliphatic rings. The molecule has 0 unspecified atom stereocenters. The fraction of sp³-hybridized carbons (Fsp3) is 0.211. The molecule has 0 fully saturated rings. The van der Waals surface area contributed by atoms with Crippen molar-refractivity contribution in [3.63, 3.8) is 0 Å². The fourth-order valence-electron chi connectivity index (χ4n) is 2.02. The molecule has 0 radical (unpaired) electrons. The maximum absolute atomic E-state index is 12.1. The minimum Gasteiger partial charge on any atom is -0.481 e. The van der Waals surface area contributed by atoms with E-state index in [-0.39, 0.29) is 12.5 Å². The lowest BCUT2D eigenvalue weighted by Crippen LogP contribution is -2.18. The van der Waals surface area contributed by atoms with Gasteiger partial charge in [0.05, 0.1) is 12.8 Å². The Morgan fingerprint density at radius 2 is 2.00 bits per heavy atom. The van der Waals surface area contributed by atoms with E-state index in [1.807, 2.05) is 6.92 Å². The van der Waals surface area contributed by atoms with E-state index in [1.54, 1.807) is 49.4 Å². The number of nitrogens with zero attached hydrogens (tertiary/aromatic N) is 1. The van der Waals surface area contributed by atoms with Crippen molar-refractivity contribution >= 4 is 29.7 Å². The van der Waals surface area contributed by atoms with Gasteiger partial charge in [0.25, 0.3) is 5.91 Å². The molecule has 0 saturated heterocycles. The monoisotopic (exact) mass is 374 g/mol. The van der Waals surface area contributed by atoms with Gasteiger partial charge in [-0.2, -0.15) is 5.10 Å². The van der Waals surface area contributed by atoms with Gasteiger partial charge in [0, 0.05) is 16.1 Å². The third kappa shape index (κ3) is 5.60. The topological polar surface area (TPSA) is 77.0 Å². The highest BCUT2D eigenvalue weighted by atomic mass is 35.5. The Balaban J connectivity index is 2.00. The molecule has 0 bridgehead atoms. The van der Waals surface area contributed by atoms with Crippen LogP contribution in [0, 0.1) is 6.92 Å². The summed E-state index contributed by atoms with van der Waals surface area (Å²) in [7, 11) is 0. The van der Waals surface area contributed by atoms with Gasteiger partial charge in [0.1, 0.15) is 5.75 Å². The predicted molar refractivity (Wildman–Crippen MR) is 99.8 cm³/mol. The van der Waals surface area contributed by atoms with Crippen molar-refractivity contribution in [2.45, 2.75) is 13.8 Å². The summed E-state index contributed by atoms with van der Waals surface area (Å²) >= 11 is 6.02. The number of carbonyl (C=O) groups is 2. The second-order valence-electron chi connectivity index (χ2n) is 5.29. The Bertz CT molecular complexity index is 821. The molecule has 26 heavy (non-hydrogen) atoms. The Morgan fingerprint density at radius 1 is 1.23 bits per heavy atom. The summed E-state index contributed by atoms with van der Waals surface area (Å²) in [6.07, 6.45) is 1.44. The van der Waals surface area contributed by atoms with E-state index in [2.05, 4.69) is 10.5 Å². The number of para-hydroxylation sites is 1. The largest absolute Gasteiger partial charge is 0.481 e. The van der Waals surface area contributed by atoms with Gasteiger partial charge in [-0.3, -0.25) is 4.79 Å². The number of esters is 1. The van der Waals surface area contributed by atoms with Gasteiger partial charge in [-0.15, -0.1) is 0 Å². The minimum atomic E-state index is -0.455. The van der Waals surface area contributed by atoms with E-state index in [4.69, 9.17) is 21.1 Å². The van der Waals surface area contributed by atoms with Crippen molar-refractivity contribution in [2.75, 3.05) is 13.2 Å². The maximum atomic E-state index is 12.1. The molecule has 1 N–H and O–H groups in total. The lowest BCUT2D eigenvalue weighted by Gasteiger charge is -2.08. The molecule has 6 nitrogen and oxygen atoms in total. The van der Waals surface area contributed by atoms with Crippen LogP contribution >= 0.6 is 11.6 Å². The van der Waals surface area contributed by atoms with Gasteiger partial charge in [-0.05, 0) is 43.7 Å². The summed E-state index contributed by atoms with van der Waals surface area (Å²) in [5.41, 5.74) is 4.34. The summed E-state index contributed by atoms with van der Waals surface area (Å²) in [5, 5.41) is 4.44. The van der Waals surface area contributed by atoms with Crippen LogP contribution in [0.5, 0.6) is 5.75 Å². The Kier molecular flexibility index (Phi) is 7.17. The number of amides is 1. The second-order valence-corrected chi connectivity index (χ2v) is 5.70. The van der Waals surface area contributed by atoms with Crippen molar-refractivity contribution in [3.05, 3.63) is 64.2 Å². The lowest BCUT2D eigenvalue weighted by molar-refractivity contribution is -0.145. The SMILES string of the molecule is CCOC(=O)COc1ccccc1/C=N\NC(=O)c1ccc(C)c(Cl)c1. The molecule has 2 aromatic rings. The summed E-state index contributed by atoms with van der Waals surface area (Å²) < 4.78 is 10.2. The minimum absolute atomic E-state index is 0.201. The molecule has 0 saturated carbocycles. The zero-order valence-corrected chi connectivity index (χ0v) is 15.2. The predicted octanol–water partition coefficient (Wildman–Crippen LogP) is 3.35. The van der Waals surface area contributed by atoms with Crippen LogP contribution in [0.3, 0.4) is 0 Å². The molecule has 0 aliphatic heterocycles. The highest BCUT2D eigenvalue weighted by Crippen LogP contribution is 2.17. The molecule has 1 amide bonds. The molecule has 0 spiro atoms. The van der Waals surface area contributed by atoms with Gasteiger partial charge in [0.15, 0.2) is 6.61 Å². The van der Waals surface area contributed by atoms with Gasteiger partial charge in [-0.1, -0.05) is 29.8 Å². The van der Waals surface area contributed by atoms with Crippen LogP contribution in [0.15, 0.2) is 47.6 Å². The average molecular weight is 375 g/mol. The number of ether oxygens (including phenoxy) is 2. The number of benzene rings is 2. The van der Waals surface area contributed by atoms with Crippen LogP contribution in [-0.4, -0.2) is 31.3 Å². The Labute approximate surface area is 156 Å². The molecule has 0 aliphatic carbocycles. The smallest absolute Gasteiger partial charge is 0.344 e. The maximum Gasteiger partial charge on any atom is 0.344 e. The van der Waals surface area contributed by atoms with Gasteiger partial charge in [-0.25, -0.2) is 10.2 Å². The molecule has 2 aromatic carbocycles. The average Bonchev–Trinajstić information content (AvgIpc) is 2.63. The standard InChI is InChI=1S/C19H19ClN2O4/c1-3-25-18(23)12-26-17-7-5-4-6-15(17)11-21-22-19(24)14-9-8-13(2)16(20)10-14/h4-11H,3,12H2,1-2H3,(H,22,24)/b21-11-. The first-order valence-corrected chi connectivity index (χ1v) is 8.36. The van der Waals surface area contributed by atoms with Crippen LogP contribution in [0.1, 0.15) is 28.4 Å². The number of aryl methyl sites for hydroxylation is 1. The number of carbonyl (C=O) groups excluding carboxylic acids is 2. The summed E-state index contributed by atoms with van der Waals surface area (Å²) in [6.45, 7) is 3.67. The van der Waals surface area contributed by atoms with E-state index in [1.165, 1.54) is 6.21 Å². The molecular formula is C19H19ClN2O4. The normalized spacial score (nSPS) is 10.6. The lowest BCUT2D eigenvalue weighted by atomic mass is 10.1. The second kappa shape index (κ2) is 9.58. The number of hydrazone groups is 1. The number of hydrogen-bond donors (Lipinski definition) is 1. The summed E-state index contributed by atoms with van der Waals surface area (Å²) in [4.78, 5) is 23.5. The first kappa shape index (κ1) is 19.5. The zero-order chi connectivity index (χ0) is 18.9. The first-order chi connectivity index (χ1) is 12.5. The van der Waals surface area contributed by atoms with Crippen LogP contribution in [0.25, 0.3) is 0 Å². The molecule has 7 heteroatoms. The van der Waals surface area contributed by atoms with E-state index in [0.717, 1.165) is 5.56 Å². The molecule has 2 rings (SSSR count). The van der Waals surface area contributed by atoms with Crippen molar-refractivity contribution < 1.29 is 19.1 Å². The van der Waals surface area contributed by atoms with Crippen molar-refractivity contribution in [2.24, 2.45) is 5.10 Å². The third-order valence-corrected chi connectivity index (χ3v) is 3.78. The van der Waals surface area contributed by atoms with Crippen LogP contribution in [0.2, 0.25) is 5.02 Å². The number of hydrogen-bond acceptors (Lipinski definition) is 5. The van der Waals surface area contributed by atoms with Crippen molar-refractivity contribution in [3.8, 4) is 5.75 Å². The Morgan fingerprint density at radius 3 is 2.73 bits per heavy atom. The van der Waals surface area contributed by atoms with Crippen molar-refractivity contribution in [1.82, 2.24) is 5.43 Å². The summed E-state index contributed by atoms with van der Waals surface area (Å²) in [6, 6.07) is 12.0. The molecule has 136 valence electrons.